The third-order valence-corrected chi connectivity index (χ3v) is 5.57. The number of hydrogen-bond acceptors (Lipinski definition) is 1. The maximum absolute atomic E-state index is 4.72. The van der Waals surface area contributed by atoms with Crippen molar-refractivity contribution < 1.29 is 0 Å². The van der Waals surface area contributed by atoms with Crippen LogP contribution in [-0.4, -0.2) is 9.55 Å². The second-order valence-corrected chi connectivity index (χ2v) is 8.15. The summed E-state index contributed by atoms with van der Waals surface area (Å²) in [6.45, 7) is 5.51. The Balaban J connectivity index is 1.82. The topological polar surface area (TPSA) is 17.8 Å². The zero-order chi connectivity index (χ0) is 19.2. The summed E-state index contributed by atoms with van der Waals surface area (Å²) in [4.78, 5) is 4.72. The van der Waals surface area contributed by atoms with Gasteiger partial charge in [0, 0.05) is 12.7 Å². The van der Waals surface area contributed by atoms with E-state index in [2.05, 4.69) is 54.9 Å². The lowest BCUT2D eigenvalue weighted by atomic mass is 9.90. The Morgan fingerprint density at radius 3 is 2.11 bits per heavy atom. The minimum Gasteiger partial charge on any atom is -0.333 e. The maximum Gasteiger partial charge on any atom is 0.0952 e. The quantitative estimate of drug-likeness (QED) is 0.299. The van der Waals surface area contributed by atoms with Crippen molar-refractivity contribution >= 4 is 0 Å². The van der Waals surface area contributed by atoms with E-state index in [1.165, 1.54) is 81.9 Å². The molecule has 0 saturated carbocycles. The van der Waals surface area contributed by atoms with Gasteiger partial charge in [-0.3, -0.25) is 0 Å². The molecule has 2 rings (SSSR count). The molecule has 2 aromatic rings. The van der Waals surface area contributed by atoms with Crippen LogP contribution in [0.15, 0.2) is 42.9 Å². The summed E-state index contributed by atoms with van der Waals surface area (Å²) in [5.74, 6) is 0.809. The Bertz CT molecular complexity index is 587. The molecule has 0 unspecified atom stereocenters. The summed E-state index contributed by atoms with van der Waals surface area (Å²) < 4.78 is 2.24. The monoisotopic (exact) mass is 368 g/mol. The molecule has 150 valence electrons. The van der Waals surface area contributed by atoms with Crippen LogP contribution in [0.1, 0.15) is 95.7 Å². The summed E-state index contributed by atoms with van der Waals surface area (Å²) >= 11 is 0. The molecule has 2 heteroatoms. The Hall–Kier alpha value is -1.57. The largest absolute Gasteiger partial charge is 0.333 e. The van der Waals surface area contributed by atoms with Crippen LogP contribution in [0.2, 0.25) is 0 Å². The van der Waals surface area contributed by atoms with Crippen molar-refractivity contribution in [3.05, 3.63) is 54.1 Å². The van der Waals surface area contributed by atoms with Crippen LogP contribution in [0.4, 0.5) is 0 Å². The summed E-state index contributed by atoms with van der Waals surface area (Å²) in [5, 5.41) is 0. The molecule has 2 nitrogen and oxygen atoms in total. The van der Waals surface area contributed by atoms with Crippen LogP contribution in [0.5, 0.6) is 0 Å². The minimum atomic E-state index is 0.809. The first-order valence-electron chi connectivity index (χ1n) is 11.4. The predicted molar refractivity (Wildman–Crippen MR) is 117 cm³/mol. The molecule has 0 N–H and O–H groups in total. The molecule has 27 heavy (non-hydrogen) atoms. The van der Waals surface area contributed by atoms with Crippen LogP contribution in [-0.2, 0) is 13.0 Å². The van der Waals surface area contributed by atoms with E-state index in [0.717, 1.165) is 18.9 Å². The number of nitrogens with zero attached hydrogens (tertiary/aromatic N) is 2. The van der Waals surface area contributed by atoms with Gasteiger partial charge in [-0.15, -0.1) is 0 Å². The van der Waals surface area contributed by atoms with Crippen molar-refractivity contribution in [3.63, 3.8) is 0 Å². The Morgan fingerprint density at radius 1 is 0.815 bits per heavy atom. The van der Waals surface area contributed by atoms with Crippen LogP contribution in [0.25, 0.3) is 0 Å². The smallest absolute Gasteiger partial charge is 0.0952 e. The van der Waals surface area contributed by atoms with Gasteiger partial charge in [0.1, 0.15) is 0 Å². The number of hydrogen-bond donors (Lipinski definition) is 0. The fraction of sp³-hybridized carbons (Fsp3) is 0.640. The highest BCUT2D eigenvalue weighted by molar-refractivity contribution is 5.15. The molecular formula is C25H40N2. The molecule has 1 aromatic heterocycles. The lowest BCUT2D eigenvalue weighted by Gasteiger charge is -2.16. The Morgan fingerprint density at radius 2 is 1.44 bits per heavy atom. The van der Waals surface area contributed by atoms with Gasteiger partial charge in [-0.2, -0.15) is 0 Å². The van der Waals surface area contributed by atoms with Crippen molar-refractivity contribution in [2.45, 2.75) is 97.4 Å². The minimum absolute atomic E-state index is 0.809. The molecule has 0 aliphatic carbocycles. The second-order valence-electron chi connectivity index (χ2n) is 8.15. The molecule has 0 radical (unpaired) electrons. The predicted octanol–water partition coefficient (Wildman–Crippen LogP) is 7.42. The maximum atomic E-state index is 4.72. The highest BCUT2D eigenvalue weighted by Gasteiger charge is 2.12. The molecule has 0 spiro atoms. The van der Waals surface area contributed by atoms with Gasteiger partial charge in [0.05, 0.1) is 12.0 Å². The molecular weight excluding hydrogens is 328 g/mol. The average molecular weight is 369 g/mol. The average Bonchev–Trinajstić information content (AvgIpc) is 3.12. The molecule has 1 atom stereocenters. The van der Waals surface area contributed by atoms with Crippen molar-refractivity contribution in [2.24, 2.45) is 5.92 Å². The normalized spacial score (nSPS) is 12.4. The van der Waals surface area contributed by atoms with E-state index in [-0.39, 0.29) is 0 Å². The van der Waals surface area contributed by atoms with E-state index in [9.17, 15) is 0 Å². The molecule has 0 amide bonds. The van der Waals surface area contributed by atoms with Crippen molar-refractivity contribution in [1.82, 2.24) is 9.55 Å². The van der Waals surface area contributed by atoms with E-state index in [0.29, 0.717) is 0 Å². The van der Waals surface area contributed by atoms with Gasteiger partial charge in [0.2, 0.25) is 0 Å². The number of aromatic nitrogens is 2. The van der Waals surface area contributed by atoms with Crippen molar-refractivity contribution in [1.29, 1.82) is 0 Å². The van der Waals surface area contributed by atoms with Crippen LogP contribution in [0, 0.1) is 5.92 Å². The number of unbranched alkanes of at least 4 members (excludes halogenated alkanes) is 7. The van der Waals surface area contributed by atoms with Crippen LogP contribution in [0.3, 0.4) is 0 Å². The fourth-order valence-corrected chi connectivity index (χ4v) is 3.93. The SMILES string of the molecule is CCCCCCC[C@@H](CCCCCC)Cc1cn(Cc2ccccc2)cn1. The summed E-state index contributed by atoms with van der Waals surface area (Å²) in [6, 6.07) is 10.7. The molecule has 0 fully saturated rings. The van der Waals surface area contributed by atoms with Crippen LogP contribution < -0.4 is 0 Å². The highest BCUT2D eigenvalue weighted by Crippen LogP contribution is 2.22. The Labute approximate surface area is 167 Å². The summed E-state index contributed by atoms with van der Waals surface area (Å²) in [5.41, 5.74) is 2.62. The first kappa shape index (κ1) is 21.7. The van der Waals surface area contributed by atoms with Gasteiger partial charge in [-0.25, -0.2) is 4.98 Å². The van der Waals surface area contributed by atoms with Crippen LogP contribution >= 0.6 is 0 Å². The Kier molecular flexibility index (Phi) is 10.9. The van der Waals surface area contributed by atoms with Gasteiger partial charge in [-0.05, 0) is 17.9 Å². The zero-order valence-corrected chi connectivity index (χ0v) is 17.7. The number of rotatable bonds is 15. The molecule has 0 aliphatic rings. The molecule has 0 aliphatic heterocycles. The number of benzene rings is 1. The third kappa shape index (κ3) is 9.26. The lowest BCUT2D eigenvalue weighted by Crippen LogP contribution is -2.06. The summed E-state index contributed by atoms with van der Waals surface area (Å²) in [7, 11) is 0. The van der Waals surface area contributed by atoms with E-state index in [1.54, 1.807) is 0 Å². The van der Waals surface area contributed by atoms with Gasteiger partial charge >= 0.3 is 0 Å². The molecule has 1 aromatic carbocycles. The summed E-state index contributed by atoms with van der Waals surface area (Å²) in [6.07, 6.45) is 20.6. The highest BCUT2D eigenvalue weighted by atomic mass is 15.0. The molecule has 0 saturated heterocycles. The molecule has 1 heterocycles. The molecule has 0 bridgehead atoms. The van der Waals surface area contributed by atoms with E-state index in [4.69, 9.17) is 4.98 Å². The van der Waals surface area contributed by atoms with E-state index < -0.39 is 0 Å². The van der Waals surface area contributed by atoms with Gasteiger partial charge < -0.3 is 4.57 Å². The zero-order valence-electron chi connectivity index (χ0n) is 17.7. The van der Waals surface area contributed by atoms with E-state index >= 15 is 0 Å². The first-order valence-corrected chi connectivity index (χ1v) is 11.4. The van der Waals surface area contributed by atoms with Gasteiger partial charge in [0.15, 0.2) is 0 Å². The third-order valence-electron chi connectivity index (χ3n) is 5.57. The number of imidazole rings is 1. The van der Waals surface area contributed by atoms with Gasteiger partial charge in [-0.1, -0.05) is 115 Å². The standard InChI is InChI=1S/C25H40N2/c1-3-5-7-9-12-16-23(15-11-8-6-4-2)19-25-21-27(22-26-25)20-24-17-13-10-14-18-24/h10,13-14,17-18,21-23H,3-9,11-12,15-16,19-20H2,1-2H3/t23-/m1/s1. The van der Waals surface area contributed by atoms with E-state index in [1.807, 2.05) is 6.33 Å². The van der Waals surface area contributed by atoms with Gasteiger partial charge in [0.25, 0.3) is 0 Å². The van der Waals surface area contributed by atoms with Crippen molar-refractivity contribution in [3.8, 4) is 0 Å². The second kappa shape index (κ2) is 13.6. The lowest BCUT2D eigenvalue weighted by molar-refractivity contribution is 0.400. The van der Waals surface area contributed by atoms with Crippen molar-refractivity contribution in [2.75, 3.05) is 0 Å². The first-order chi connectivity index (χ1) is 13.3. The fourth-order valence-electron chi connectivity index (χ4n) is 3.93.